The zero-order valence-electron chi connectivity index (χ0n) is 5.28. The molecule has 1 fully saturated rings. The van der Waals surface area contributed by atoms with E-state index in [-0.39, 0.29) is 5.38 Å². The zero-order valence-corrected chi connectivity index (χ0v) is 7.55. The van der Waals surface area contributed by atoms with E-state index in [9.17, 15) is 0 Å². The molecule has 2 aliphatic rings. The average molecular weight is 197 g/mol. The van der Waals surface area contributed by atoms with Gasteiger partial charge in [0.1, 0.15) is 4.33 Å². The van der Waals surface area contributed by atoms with E-state index in [0.29, 0.717) is 5.92 Å². The van der Waals surface area contributed by atoms with E-state index in [1.165, 1.54) is 5.57 Å². The summed E-state index contributed by atoms with van der Waals surface area (Å²) in [7, 11) is 0. The van der Waals surface area contributed by atoms with Gasteiger partial charge < -0.3 is 0 Å². The molecule has 0 aromatic rings. The molecule has 0 aromatic carbocycles. The van der Waals surface area contributed by atoms with Gasteiger partial charge in [-0.15, -0.1) is 11.6 Å². The van der Waals surface area contributed by atoms with Crippen molar-refractivity contribution < 1.29 is 0 Å². The molecule has 2 rings (SSSR count). The first kappa shape index (κ1) is 7.27. The molecule has 0 N–H and O–H groups in total. The lowest BCUT2D eigenvalue weighted by molar-refractivity contribution is 0.544. The lowest BCUT2D eigenvalue weighted by atomic mass is 10.0. The maximum atomic E-state index is 6.01. The monoisotopic (exact) mass is 196 g/mol. The van der Waals surface area contributed by atoms with Gasteiger partial charge in [0.25, 0.3) is 0 Å². The average Bonchev–Trinajstić information content (AvgIpc) is 2.37. The van der Waals surface area contributed by atoms with E-state index in [4.69, 9.17) is 34.8 Å². The Morgan fingerprint density at radius 3 is 2.50 bits per heavy atom. The van der Waals surface area contributed by atoms with Crippen LogP contribution in [-0.2, 0) is 0 Å². The predicted molar refractivity (Wildman–Crippen MR) is 44.9 cm³/mol. The van der Waals surface area contributed by atoms with Crippen LogP contribution in [0.25, 0.3) is 0 Å². The van der Waals surface area contributed by atoms with Crippen molar-refractivity contribution in [3.8, 4) is 0 Å². The van der Waals surface area contributed by atoms with Gasteiger partial charge in [0.05, 0.1) is 5.38 Å². The Morgan fingerprint density at radius 1 is 1.50 bits per heavy atom. The quantitative estimate of drug-likeness (QED) is 0.413. The zero-order chi connectivity index (χ0) is 7.35. The molecule has 0 spiro atoms. The first-order valence-corrected chi connectivity index (χ1v) is 4.52. The summed E-state index contributed by atoms with van der Waals surface area (Å²) < 4.78 is -0.689. The molecule has 2 unspecified atom stereocenters. The highest BCUT2D eigenvalue weighted by Crippen LogP contribution is 2.55. The minimum atomic E-state index is -0.689. The largest absolute Gasteiger partial charge is 0.141 e. The fourth-order valence-corrected chi connectivity index (χ4v) is 2.67. The Bertz CT molecular complexity index is 195. The molecule has 1 saturated carbocycles. The normalized spacial score (nSPS) is 42.1. The smallest absolute Gasteiger partial charge is 0.115 e. The van der Waals surface area contributed by atoms with Crippen LogP contribution in [0.1, 0.15) is 12.8 Å². The molecule has 0 nitrogen and oxygen atoms in total. The second kappa shape index (κ2) is 2.06. The van der Waals surface area contributed by atoms with E-state index < -0.39 is 4.33 Å². The van der Waals surface area contributed by atoms with Crippen molar-refractivity contribution in [1.82, 2.24) is 0 Å². The molecular formula is C7H7Cl3. The number of rotatable bonds is 0. The summed E-state index contributed by atoms with van der Waals surface area (Å²) >= 11 is 18.0. The highest BCUT2D eigenvalue weighted by molar-refractivity contribution is 6.53. The van der Waals surface area contributed by atoms with Gasteiger partial charge >= 0.3 is 0 Å². The van der Waals surface area contributed by atoms with Crippen molar-refractivity contribution in [1.29, 1.82) is 0 Å². The first-order valence-electron chi connectivity index (χ1n) is 3.33. The third-order valence-electron chi connectivity index (χ3n) is 2.35. The highest BCUT2D eigenvalue weighted by atomic mass is 35.5. The van der Waals surface area contributed by atoms with Gasteiger partial charge in [-0.1, -0.05) is 34.9 Å². The molecule has 10 heavy (non-hydrogen) atoms. The Morgan fingerprint density at radius 2 is 2.20 bits per heavy atom. The summed E-state index contributed by atoms with van der Waals surface area (Å²) in [4.78, 5) is 0. The Labute approximate surface area is 75.1 Å². The van der Waals surface area contributed by atoms with Crippen LogP contribution in [0.15, 0.2) is 11.6 Å². The first-order chi connectivity index (χ1) is 4.62. The van der Waals surface area contributed by atoms with Crippen molar-refractivity contribution in [3.63, 3.8) is 0 Å². The maximum absolute atomic E-state index is 6.01. The van der Waals surface area contributed by atoms with E-state index in [2.05, 4.69) is 6.08 Å². The maximum Gasteiger partial charge on any atom is 0.141 e. The molecule has 3 heteroatoms. The third-order valence-corrected chi connectivity index (χ3v) is 4.26. The van der Waals surface area contributed by atoms with Crippen LogP contribution in [0.5, 0.6) is 0 Å². The molecule has 0 amide bonds. The van der Waals surface area contributed by atoms with Crippen molar-refractivity contribution in [2.24, 2.45) is 5.92 Å². The van der Waals surface area contributed by atoms with E-state index in [0.717, 1.165) is 12.8 Å². The minimum absolute atomic E-state index is 0.144. The van der Waals surface area contributed by atoms with Crippen molar-refractivity contribution in [2.45, 2.75) is 22.6 Å². The van der Waals surface area contributed by atoms with Crippen LogP contribution >= 0.6 is 34.8 Å². The lowest BCUT2D eigenvalue weighted by Crippen LogP contribution is -2.29. The number of allylic oxidation sites excluding steroid dienone is 2. The van der Waals surface area contributed by atoms with Crippen molar-refractivity contribution in [3.05, 3.63) is 11.6 Å². The Hall–Kier alpha value is 0.610. The fraction of sp³-hybridized carbons (Fsp3) is 0.714. The van der Waals surface area contributed by atoms with Crippen LogP contribution in [0.3, 0.4) is 0 Å². The molecular weight excluding hydrogens is 190 g/mol. The molecule has 56 valence electrons. The summed E-state index contributed by atoms with van der Waals surface area (Å²) in [5.41, 5.74) is 1.23. The van der Waals surface area contributed by atoms with Crippen molar-refractivity contribution >= 4 is 34.8 Å². The number of hydrogen-bond donors (Lipinski definition) is 0. The molecule has 0 heterocycles. The summed E-state index contributed by atoms with van der Waals surface area (Å²) in [6.45, 7) is 0. The van der Waals surface area contributed by atoms with E-state index >= 15 is 0 Å². The third kappa shape index (κ3) is 0.760. The number of alkyl halides is 3. The van der Waals surface area contributed by atoms with Gasteiger partial charge in [-0.05, 0) is 12.8 Å². The molecule has 0 aliphatic heterocycles. The fourth-order valence-electron chi connectivity index (χ4n) is 1.70. The Kier molecular flexibility index (Phi) is 1.50. The van der Waals surface area contributed by atoms with Gasteiger partial charge in [-0.3, -0.25) is 0 Å². The van der Waals surface area contributed by atoms with Crippen LogP contribution in [-0.4, -0.2) is 9.71 Å². The number of fused-ring (bicyclic) bond motifs is 2. The van der Waals surface area contributed by atoms with Gasteiger partial charge in [0, 0.05) is 5.92 Å². The van der Waals surface area contributed by atoms with Gasteiger partial charge in [0.2, 0.25) is 0 Å². The second-order valence-electron chi connectivity index (χ2n) is 2.95. The molecule has 2 atom stereocenters. The molecule has 0 saturated heterocycles. The number of hydrogen-bond acceptors (Lipinski definition) is 0. The van der Waals surface area contributed by atoms with Crippen LogP contribution in [0.4, 0.5) is 0 Å². The van der Waals surface area contributed by atoms with E-state index in [1.807, 2.05) is 0 Å². The molecule has 0 aromatic heterocycles. The summed E-state index contributed by atoms with van der Waals surface area (Å²) in [6, 6.07) is 0. The van der Waals surface area contributed by atoms with Crippen LogP contribution < -0.4 is 0 Å². The molecule has 2 bridgehead atoms. The van der Waals surface area contributed by atoms with Crippen LogP contribution in [0, 0.1) is 5.92 Å². The highest BCUT2D eigenvalue weighted by Gasteiger charge is 2.51. The molecule has 2 aliphatic carbocycles. The lowest BCUT2D eigenvalue weighted by Gasteiger charge is -2.25. The minimum Gasteiger partial charge on any atom is -0.115 e. The van der Waals surface area contributed by atoms with Crippen molar-refractivity contribution in [2.75, 3.05) is 0 Å². The summed E-state index contributed by atoms with van der Waals surface area (Å²) in [6.07, 6.45) is 4.16. The van der Waals surface area contributed by atoms with Gasteiger partial charge in [-0.25, -0.2) is 0 Å². The van der Waals surface area contributed by atoms with Gasteiger partial charge in [0.15, 0.2) is 0 Å². The summed E-state index contributed by atoms with van der Waals surface area (Å²) in [5.74, 6) is 0.369. The summed E-state index contributed by atoms with van der Waals surface area (Å²) in [5, 5.41) is -0.144. The molecule has 0 radical (unpaired) electrons. The Balaban J connectivity index is 2.37. The second-order valence-corrected chi connectivity index (χ2v) is 4.83. The standard InChI is InChI=1S/C7H7Cl3/c8-6-4-1-2-5(3-4)7(6,9)10/h1,5-6H,2-3H2. The predicted octanol–water partition coefficient (Wildman–Crippen LogP) is 3.12. The number of halogens is 3. The topological polar surface area (TPSA) is 0 Å². The SMILES string of the molecule is ClC1C2=CCC(C2)C1(Cl)Cl. The van der Waals surface area contributed by atoms with E-state index in [1.54, 1.807) is 0 Å². The van der Waals surface area contributed by atoms with Crippen LogP contribution in [0.2, 0.25) is 0 Å². The van der Waals surface area contributed by atoms with Gasteiger partial charge in [-0.2, -0.15) is 0 Å².